The first-order chi connectivity index (χ1) is 13.6. The minimum atomic E-state index is -1.04. The highest BCUT2D eigenvalue weighted by Crippen LogP contribution is 2.38. The molecule has 0 heterocycles. The summed E-state index contributed by atoms with van der Waals surface area (Å²) in [4.78, 5) is 29.9. The Morgan fingerprint density at radius 3 is 1.71 bits per heavy atom. The molecular weight excluding hydrogens is 350 g/mol. The maximum Gasteiger partial charge on any atom is 0.347 e. The lowest BCUT2D eigenvalue weighted by Crippen LogP contribution is -2.42. The Hall–Kier alpha value is -3.40. The van der Waals surface area contributed by atoms with Crippen LogP contribution < -0.4 is 5.48 Å². The Morgan fingerprint density at radius 2 is 1.25 bits per heavy atom. The first-order valence-corrected chi connectivity index (χ1v) is 9.26. The quantitative estimate of drug-likeness (QED) is 0.659. The highest BCUT2D eigenvalue weighted by Gasteiger charge is 2.43. The molecule has 142 valence electrons. The van der Waals surface area contributed by atoms with Crippen molar-refractivity contribution in [3.05, 3.63) is 108 Å². The fourth-order valence-electron chi connectivity index (χ4n) is 3.42. The molecule has 28 heavy (non-hydrogen) atoms. The van der Waals surface area contributed by atoms with Gasteiger partial charge in [0.25, 0.3) is 0 Å². The van der Waals surface area contributed by atoms with Crippen LogP contribution in [0.2, 0.25) is 0 Å². The third-order valence-electron chi connectivity index (χ3n) is 4.80. The number of hydroxylamine groups is 1. The van der Waals surface area contributed by atoms with E-state index in [1.807, 2.05) is 91.0 Å². The van der Waals surface area contributed by atoms with Gasteiger partial charge >= 0.3 is 5.97 Å². The normalized spacial score (nSPS) is 10.9. The first-order valence-electron chi connectivity index (χ1n) is 9.26. The molecule has 1 N–H and O–H groups in total. The van der Waals surface area contributed by atoms with Crippen molar-refractivity contribution in [3.8, 4) is 0 Å². The van der Waals surface area contributed by atoms with Crippen LogP contribution >= 0.6 is 0 Å². The van der Waals surface area contributed by atoms with E-state index in [9.17, 15) is 9.59 Å². The predicted molar refractivity (Wildman–Crippen MR) is 108 cm³/mol. The summed E-state index contributed by atoms with van der Waals surface area (Å²) in [7, 11) is 0. The van der Waals surface area contributed by atoms with Gasteiger partial charge in [0.1, 0.15) is 5.41 Å². The summed E-state index contributed by atoms with van der Waals surface area (Å²) in [5.74, 6) is -0.928. The number of hydrogen-bond acceptors (Lipinski definition) is 3. The summed E-state index contributed by atoms with van der Waals surface area (Å²) in [5, 5.41) is 0. The summed E-state index contributed by atoms with van der Waals surface area (Å²) >= 11 is 0. The molecule has 0 unspecified atom stereocenters. The number of hydrogen-bond donors (Lipinski definition) is 1. The fraction of sp³-hybridized carbons (Fsp3) is 0.167. The topological polar surface area (TPSA) is 55.4 Å². The second-order valence-corrected chi connectivity index (χ2v) is 6.67. The molecule has 0 fully saturated rings. The molecule has 3 aromatic carbocycles. The van der Waals surface area contributed by atoms with Crippen molar-refractivity contribution in [1.82, 2.24) is 5.48 Å². The van der Waals surface area contributed by atoms with Crippen molar-refractivity contribution in [3.63, 3.8) is 0 Å². The predicted octanol–water partition coefficient (Wildman–Crippen LogP) is 4.20. The van der Waals surface area contributed by atoms with Crippen molar-refractivity contribution in [1.29, 1.82) is 0 Å². The van der Waals surface area contributed by atoms with E-state index < -0.39 is 17.3 Å². The second kappa shape index (κ2) is 9.00. The molecule has 0 aliphatic carbocycles. The summed E-state index contributed by atoms with van der Waals surface area (Å²) in [5.41, 5.74) is 3.94. The summed E-state index contributed by atoms with van der Waals surface area (Å²) in [6.45, 7) is 1.31. The lowest BCUT2D eigenvalue weighted by Gasteiger charge is -2.32. The van der Waals surface area contributed by atoms with E-state index in [4.69, 9.17) is 4.84 Å². The number of benzene rings is 3. The van der Waals surface area contributed by atoms with Gasteiger partial charge in [-0.1, -0.05) is 91.0 Å². The number of amides is 1. The van der Waals surface area contributed by atoms with Crippen molar-refractivity contribution in [2.75, 3.05) is 0 Å². The van der Waals surface area contributed by atoms with Gasteiger partial charge in [-0.15, -0.1) is 0 Å². The van der Waals surface area contributed by atoms with Gasteiger partial charge in [0.15, 0.2) is 0 Å². The Balaban J connectivity index is 2.08. The van der Waals surface area contributed by atoms with E-state index in [-0.39, 0.29) is 0 Å². The zero-order valence-electron chi connectivity index (χ0n) is 15.8. The van der Waals surface area contributed by atoms with Crippen molar-refractivity contribution in [2.45, 2.75) is 25.2 Å². The second-order valence-electron chi connectivity index (χ2n) is 6.67. The van der Waals surface area contributed by atoms with Gasteiger partial charge in [-0.05, 0) is 29.5 Å². The highest BCUT2D eigenvalue weighted by molar-refractivity contribution is 5.88. The van der Waals surface area contributed by atoms with Gasteiger partial charge in [0.05, 0.1) is 0 Å². The standard InChI is InChI=1S/C24H23NO3/c1-19(26)25-28-23(27)24(21-13-7-3-8-14-21,22-15-9-4-10-16-22)18-17-20-11-5-2-6-12-20/h2-16H,17-18H2,1H3,(H,25,26). The molecule has 3 aromatic rings. The molecule has 0 aliphatic rings. The molecule has 0 bridgehead atoms. The van der Waals surface area contributed by atoms with Crippen LogP contribution in [-0.2, 0) is 26.3 Å². The zero-order valence-corrected chi connectivity index (χ0v) is 15.8. The van der Waals surface area contributed by atoms with E-state index in [0.29, 0.717) is 12.8 Å². The molecule has 0 atom stereocenters. The van der Waals surface area contributed by atoms with Gasteiger partial charge < -0.3 is 4.84 Å². The maximum atomic E-state index is 13.4. The molecule has 0 saturated heterocycles. The van der Waals surface area contributed by atoms with Gasteiger partial charge in [-0.2, -0.15) is 5.48 Å². The van der Waals surface area contributed by atoms with Crippen LogP contribution in [0.4, 0.5) is 0 Å². The Labute approximate surface area is 165 Å². The summed E-state index contributed by atoms with van der Waals surface area (Å²) in [6.07, 6.45) is 1.18. The minimum absolute atomic E-state index is 0.425. The van der Waals surface area contributed by atoms with Crippen LogP contribution in [0.1, 0.15) is 30.0 Å². The molecule has 4 heteroatoms. The summed E-state index contributed by atoms with van der Waals surface area (Å²) < 4.78 is 0. The van der Waals surface area contributed by atoms with Crippen molar-refractivity contribution < 1.29 is 14.4 Å². The van der Waals surface area contributed by atoms with E-state index in [1.54, 1.807) is 0 Å². The monoisotopic (exact) mass is 373 g/mol. The molecule has 0 saturated carbocycles. The van der Waals surface area contributed by atoms with E-state index in [0.717, 1.165) is 16.7 Å². The summed E-state index contributed by atoms with van der Waals surface area (Å²) in [6, 6.07) is 29.2. The third kappa shape index (κ3) is 4.29. The Morgan fingerprint density at radius 1 is 0.786 bits per heavy atom. The number of rotatable bonds is 6. The largest absolute Gasteiger partial charge is 0.347 e. The van der Waals surface area contributed by atoms with Crippen LogP contribution in [0.25, 0.3) is 0 Å². The molecule has 3 rings (SSSR count). The molecule has 0 aromatic heterocycles. The zero-order chi connectivity index (χ0) is 19.8. The molecular formula is C24H23NO3. The van der Waals surface area contributed by atoms with Gasteiger partial charge in [0.2, 0.25) is 5.91 Å². The molecule has 0 aliphatic heterocycles. The Kier molecular flexibility index (Phi) is 6.22. The SMILES string of the molecule is CC(=O)NOC(=O)C(CCc1ccccc1)(c1ccccc1)c1ccccc1. The average Bonchev–Trinajstić information content (AvgIpc) is 2.75. The van der Waals surface area contributed by atoms with Crippen LogP contribution in [0.5, 0.6) is 0 Å². The van der Waals surface area contributed by atoms with Crippen LogP contribution in [0.3, 0.4) is 0 Å². The number of carbonyl (C=O) groups is 2. The molecule has 4 nitrogen and oxygen atoms in total. The smallest absolute Gasteiger partial charge is 0.339 e. The molecule has 0 radical (unpaired) electrons. The molecule has 1 amide bonds. The number of carbonyl (C=O) groups excluding carboxylic acids is 2. The van der Waals surface area contributed by atoms with Crippen molar-refractivity contribution in [2.24, 2.45) is 0 Å². The minimum Gasteiger partial charge on any atom is -0.339 e. The van der Waals surface area contributed by atoms with Gasteiger partial charge in [-0.3, -0.25) is 4.79 Å². The number of nitrogens with one attached hydrogen (secondary N) is 1. The number of aryl methyl sites for hydroxylation is 1. The van der Waals surface area contributed by atoms with Crippen molar-refractivity contribution >= 4 is 11.9 Å². The van der Waals surface area contributed by atoms with Gasteiger partial charge in [0, 0.05) is 6.92 Å². The third-order valence-corrected chi connectivity index (χ3v) is 4.80. The van der Waals surface area contributed by atoms with E-state index in [2.05, 4.69) is 5.48 Å². The average molecular weight is 373 g/mol. The van der Waals surface area contributed by atoms with Crippen LogP contribution in [-0.4, -0.2) is 11.9 Å². The fourth-order valence-corrected chi connectivity index (χ4v) is 3.42. The van der Waals surface area contributed by atoms with E-state index >= 15 is 0 Å². The van der Waals surface area contributed by atoms with Crippen LogP contribution in [0, 0.1) is 0 Å². The molecule has 0 spiro atoms. The van der Waals surface area contributed by atoms with E-state index in [1.165, 1.54) is 6.92 Å². The Bertz CT molecular complexity index is 869. The first kappa shape index (κ1) is 19.4. The van der Waals surface area contributed by atoms with Crippen LogP contribution in [0.15, 0.2) is 91.0 Å². The highest BCUT2D eigenvalue weighted by atomic mass is 16.7. The van der Waals surface area contributed by atoms with Gasteiger partial charge in [-0.25, -0.2) is 4.79 Å². The lowest BCUT2D eigenvalue weighted by molar-refractivity contribution is -0.162. The maximum absolute atomic E-state index is 13.4. The lowest BCUT2D eigenvalue weighted by atomic mass is 9.71.